The number of carbonyl (C=O) groups is 3. The zero-order valence-corrected chi connectivity index (χ0v) is 27.3. The number of nitrogens with zero attached hydrogens (tertiary/aromatic N) is 2. The quantitative estimate of drug-likeness (QED) is 0.183. The molecule has 2 saturated carbocycles. The number of Topliss-reactive ketones (excluding diaryl/α,β-unsaturated/α-hetero) is 1. The number of cyclic esters (lactones) is 2. The number of hydrogen-bond acceptors (Lipinski definition) is 11. The molecular weight excluding hydrogens is 592 g/mol. The molecule has 6 heterocycles. The van der Waals surface area contributed by atoms with Crippen molar-refractivity contribution in [1.82, 2.24) is 0 Å². The highest BCUT2D eigenvalue weighted by Crippen LogP contribution is 2.79. The first-order valence-corrected chi connectivity index (χ1v) is 17.2. The molecule has 6 aliphatic heterocycles. The van der Waals surface area contributed by atoms with E-state index >= 15 is 0 Å². The summed E-state index contributed by atoms with van der Waals surface area (Å²) in [5.41, 5.74) is -2.55. The summed E-state index contributed by atoms with van der Waals surface area (Å²) < 4.78 is 31.2. The second-order valence-corrected chi connectivity index (χ2v) is 15.9. The highest BCUT2D eigenvalue weighted by Gasteiger charge is 2.90. The highest BCUT2D eigenvalue weighted by atomic mass is 16.7. The minimum atomic E-state index is -1.38. The molecule has 46 heavy (non-hydrogen) atoms. The molecule has 0 amide bonds. The van der Waals surface area contributed by atoms with Crippen LogP contribution >= 0.6 is 0 Å². The number of fused-ring (bicyclic) bond motifs is 1. The fraction of sp³-hybridized carbons (Fsp3) is 0.800. The lowest BCUT2D eigenvalue weighted by Crippen LogP contribution is -2.77. The van der Waals surface area contributed by atoms with Crippen molar-refractivity contribution in [2.24, 2.45) is 38.1 Å². The second kappa shape index (κ2) is 10.3. The van der Waals surface area contributed by atoms with Crippen LogP contribution < -0.4 is 0 Å². The van der Waals surface area contributed by atoms with Crippen LogP contribution in [0.3, 0.4) is 0 Å². The van der Waals surface area contributed by atoms with E-state index in [1.165, 1.54) is 0 Å². The average Bonchev–Trinajstić information content (AvgIpc) is 3.26. The van der Waals surface area contributed by atoms with Gasteiger partial charge in [-0.3, -0.25) is 14.6 Å². The number of aliphatic imine (C=N–C) groups is 2. The lowest BCUT2D eigenvalue weighted by Gasteiger charge is -2.66. The Balaban J connectivity index is 1.07. The first-order chi connectivity index (χ1) is 21.9. The number of ether oxygens (including phenoxy) is 5. The van der Waals surface area contributed by atoms with E-state index < -0.39 is 63.8 Å². The summed E-state index contributed by atoms with van der Waals surface area (Å²) in [7, 11) is 0. The summed E-state index contributed by atoms with van der Waals surface area (Å²) in [6, 6.07) is 0. The van der Waals surface area contributed by atoms with Gasteiger partial charge in [0.1, 0.15) is 30.8 Å². The first-order valence-electron chi connectivity index (χ1n) is 17.2. The van der Waals surface area contributed by atoms with Gasteiger partial charge in [-0.05, 0) is 57.4 Å². The van der Waals surface area contributed by atoms with E-state index in [0.717, 1.165) is 56.4 Å². The Morgan fingerprint density at radius 1 is 1.02 bits per heavy atom. The van der Waals surface area contributed by atoms with Gasteiger partial charge in [0.25, 0.3) is 0 Å². The smallest absolute Gasteiger partial charge is 0.339 e. The number of aliphatic hydroxyl groups excluding tert-OH is 1. The monoisotopic (exact) mass is 638 g/mol. The van der Waals surface area contributed by atoms with Crippen LogP contribution in [0, 0.1) is 28.1 Å². The number of ketones is 1. The first kappa shape index (κ1) is 30.8. The van der Waals surface area contributed by atoms with Crippen molar-refractivity contribution in [2.45, 2.75) is 127 Å². The van der Waals surface area contributed by atoms with E-state index in [2.05, 4.69) is 23.0 Å². The summed E-state index contributed by atoms with van der Waals surface area (Å²) in [6.45, 7) is 9.00. The third-order valence-corrected chi connectivity index (χ3v) is 13.4. The van der Waals surface area contributed by atoms with Crippen molar-refractivity contribution in [3.8, 4) is 0 Å². The SMILES string of the molecule is CC1(C)OC2CC(=O)OCC23C1C(=O)C(O)C1(C)C3CCC2(C)C(C3=CCOC3CCCCCCC3=NC=NC3)OC(=O)C3OC321. The van der Waals surface area contributed by atoms with Gasteiger partial charge in [-0.25, -0.2) is 9.79 Å². The van der Waals surface area contributed by atoms with E-state index in [1.807, 2.05) is 20.8 Å². The lowest BCUT2D eigenvalue weighted by molar-refractivity contribution is -0.248. The molecule has 0 radical (unpaired) electrons. The van der Waals surface area contributed by atoms with Crippen molar-refractivity contribution in [2.75, 3.05) is 19.8 Å². The number of rotatable bonds is 8. The molecule has 1 N–H and O–H groups in total. The zero-order valence-electron chi connectivity index (χ0n) is 27.3. The predicted octanol–water partition coefficient (Wildman–Crippen LogP) is 3.29. The van der Waals surface area contributed by atoms with Crippen LogP contribution in [0.2, 0.25) is 0 Å². The topological polar surface area (TPSA) is 146 Å². The van der Waals surface area contributed by atoms with Crippen molar-refractivity contribution in [3.05, 3.63) is 11.6 Å². The van der Waals surface area contributed by atoms with Gasteiger partial charge in [-0.1, -0.05) is 39.2 Å². The lowest BCUT2D eigenvalue weighted by atomic mass is 9.36. The van der Waals surface area contributed by atoms with Crippen LogP contribution in [-0.4, -0.2) is 96.4 Å². The maximum Gasteiger partial charge on any atom is 0.339 e. The summed E-state index contributed by atoms with van der Waals surface area (Å²) in [6.07, 6.45) is 7.53. The Morgan fingerprint density at radius 3 is 2.61 bits per heavy atom. The molecule has 11 nitrogen and oxygen atoms in total. The van der Waals surface area contributed by atoms with E-state index in [4.69, 9.17) is 23.7 Å². The van der Waals surface area contributed by atoms with Gasteiger partial charge in [0.2, 0.25) is 0 Å². The third-order valence-electron chi connectivity index (χ3n) is 13.4. The fourth-order valence-corrected chi connectivity index (χ4v) is 11.6. The molecule has 8 aliphatic rings. The highest BCUT2D eigenvalue weighted by molar-refractivity contribution is 5.96. The zero-order chi connectivity index (χ0) is 32.3. The van der Waals surface area contributed by atoms with Gasteiger partial charge in [0, 0.05) is 22.0 Å². The van der Waals surface area contributed by atoms with Gasteiger partial charge in [0.05, 0.1) is 43.3 Å². The summed E-state index contributed by atoms with van der Waals surface area (Å²) in [5.74, 6) is -2.05. The minimum absolute atomic E-state index is 0.0532. The van der Waals surface area contributed by atoms with Crippen molar-refractivity contribution >= 4 is 29.8 Å². The second-order valence-electron chi connectivity index (χ2n) is 15.9. The Bertz CT molecular complexity index is 1450. The van der Waals surface area contributed by atoms with Gasteiger partial charge in [0.15, 0.2) is 11.9 Å². The molecule has 0 aromatic carbocycles. The number of unbranched alkanes of at least 4 members (excludes halogenated alkanes) is 3. The Morgan fingerprint density at radius 2 is 1.83 bits per heavy atom. The largest absolute Gasteiger partial charge is 0.465 e. The van der Waals surface area contributed by atoms with Gasteiger partial charge in [-0.15, -0.1) is 0 Å². The molecular formula is C35H46N2O9. The van der Waals surface area contributed by atoms with Crippen LogP contribution in [0.15, 0.2) is 21.6 Å². The van der Waals surface area contributed by atoms with E-state index in [9.17, 15) is 19.5 Å². The molecule has 250 valence electrons. The average molecular weight is 639 g/mol. The van der Waals surface area contributed by atoms with Crippen LogP contribution in [0.1, 0.15) is 85.5 Å². The molecule has 0 aromatic rings. The van der Waals surface area contributed by atoms with E-state index in [0.29, 0.717) is 19.4 Å². The summed E-state index contributed by atoms with van der Waals surface area (Å²) in [4.78, 5) is 49.1. The van der Waals surface area contributed by atoms with Crippen LogP contribution in [-0.2, 0) is 38.1 Å². The van der Waals surface area contributed by atoms with E-state index in [1.54, 1.807) is 6.34 Å². The summed E-state index contributed by atoms with van der Waals surface area (Å²) >= 11 is 0. The van der Waals surface area contributed by atoms with Crippen molar-refractivity contribution in [1.29, 1.82) is 0 Å². The number of aliphatic hydroxyl groups is 1. The summed E-state index contributed by atoms with van der Waals surface area (Å²) in [5, 5.41) is 12.1. The Labute approximate surface area is 269 Å². The predicted molar refractivity (Wildman–Crippen MR) is 164 cm³/mol. The van der Waals surface area contributed by atoms with Crippen molar-refractivity contribution in [3.63, 3.8) is 0 Å². The maximum atomic E-state index is 14.4. The molecule has 0 aromatic heterocycles. The Kier molecular flexibility index (Phi) is 6.88. The number of epoxide rings is 1. The standard InChI is InChI=1S/C35H46N2O9/c1-31(2)26-25(39)27(40)33(4)22(34(26)17-43-24(38)15-23(34)45-31)11-13-32(3)28(44-30(41)29-35(32,33)46-29)20-12-14-42-21(20)10-8-6-5-7-9-19-16-36-18-37-19/h12,18,21-23,26-29,40H,5-11,13-17H2,1-4H3. The number of hydrogen-bond donors (Lipinski definition) is 1. The maximum absolute atomic E-state index is 14.4. The van der Waals surface area contributed by atoms with Crippen LogP contribution in [0.25, 0.3) is 0 Å². The van der Waals surface area contributed by atoms with Crippen LogP contribution in [0.4, 0.5) is 0 Å². The molecule has 6 fully saturated rings. The van der Waals surface area contributed by atoms with E-state index in [-0.39, 0.29) is 36.8 Å². The Hall–Kier alpha value is -2.47. The molecule has 4 saturated heterocycles. The molecule has 2 aliphatic carbocycles. The fourth-order valence-electron chi connectivity index (χ4n) is 11.6. The van der Waals surface area contributed by atoms with Gasteiger partial charge >= 0.3 is 11.9 Å². The molecule has 8 rings (SSSR count). The molecule has 2 spiro atoms. The number of carbonyl (C=O) groups excluding carboxylic acids is 3. The molecule has 0 bridgehead atoms. The van der Waals surface area contributed by atoms with Gasteiger partial charge in [-0.2, -0.15) is 0 Å². The molecule has 11 unspecified atom stereocenters. The third kappa shape index (κ3) is 3.83. The molecule has 11 atom stereocenters. The van der Waals surface area contributed by atoms with Gasteiger partial charge < -0.3 is 28.8 Å². The molecule has 11 heteroatoms. The van der Waals surface area contributed by atoms with Crippen LogP contribution in [0.5, 0.6) is 0 Å². The van der Waals surface area contributed by atoms with Crippen molar-refractivity contribution < 1.29 is 43.2 Å². The number of esters is 2. The minimum Gasteiger partial charge on any atom is -0.465 e. The normalized spacial score (nSPS) is 47.9.